The van der Waals surface area contributed by atoms with Gasteiger partial charge in [0.2, 0.25) is 0 Å². The van der Waals surface area contributed by atoms with E-state index in [9.17, 15) is 0 Å². The van der Waals surface area contributed by atoms with Crippen LogP contribution in [0.4, 0.5) is 0 Å². The molecule has 1 aliphatic heterocycles. The number of thiophene rings is 1. The first kappa shape index (κ1) is 16.5. The predicted octanol–water partition coefficient (Wildman–Crippen LogP) is 4.50. The van der Waals surface area contributed by atoms with Gasteiger partial charge in [0.05, 0.1) is 0 Å². The van der Waals surface area contributed by atoms with Crippen LogP contribution >= 0.6 is 27.3 Å². The Morgan fingerprint density at radius 2 is 2.30 bits per heavy atom. The molecule has 2 rings (SSSR count). The zero-order valence-corrected chi connectivity index (χ0v) is 14.9. The van der Waals surface area contributed by atoms with Gasteiger partial charge in [0, 0.05) is 34.4 Å². The second kappa shape index (κ2) is 9.19. The van der Waals surface area contributed by atoms with Gasteiger partial charge in [-0.2, -0.15) is 0 Å². The van der Waals surface area contributed by atoms with Crippen LogP contribution in [0, 0.1) is 5.92 Å². The molecule has 0 bridgehead atoms. The van der Waals surface area contributed by atoms with Crippen LogP contribution in [-0.4, -0.2) is 31.1 Å². The van der Waals surface area contributed by atoms with Gasteiger partial charge >= 0.3 is 0 Å². The molecular weight excluding hydrogens is 332 g/mol. The molecule has 114 valence electrons. The van der Waals surface area contributed by atoms with E-state index in [0.29, 0.717) is 0 Å². The highest BCUT2D eigenvalue weighted by atomic mass is 79.9. The standard InChI is InChI=1S/C16H27BrN2S/c1-2-4-14-5-3-8-19(9-6-14)10-7-18-12-16-11-15(17)13-20-16/h11,13-14,18H,2-10,12H2,1H3. The largest absolute Gasteiger partial charge is 0.311 e. The molecule has 20 heavy (non-hydrogen) atoms. The maximum atomic E-state index is 3.57. The molecule has 0 amide bonds. The lowest BCUT2D eigenvalue weighted by atomic mass is 9.96. The van der Waals surface area contributed by atoms with E-state index < -0.39 is 0 Å². The molecule has 1 N–H and O–H groups in total. The van der Waals surface area contributed by atoms with Gasteiger partial charge in [-0.3, -0.25) is 0 Å². The lowest BCUT2D eigenvalue weighted by molar-refractivity contribution is 0.278. The van der Waals surface area contributed by atoms with Gasteiger partial charge < -0.3 is 10.2 Å². The highest BCUT2D eigenvalue weighted by Gasteiger charge is 2.15. The number of rotatable bonds is 7. The van der Waals surface area contributed by atoms with E-state index in [2.05, 4.69) is 44.5 Å². The number of halogens is 1. The summed E-state index contributed by atoms with van der Waals surface area (Å²) in [5.74, 6) is 0.987. The van der Waals surface area contributed by atoms with Crippen molar-refractivity contribution in [1.82, 2.24) is 10.2 Å². The van der Waals surface area contributed by atoms with Gasteiger partial charge in [-0.25, -0.2) is 0 Å². The van der Waals surface area contributed by atoms with Crippen molar-refractivity contribution in [2.24, 2.45) is 5.92 Å². The molecule has 1 aromatic rings. The van der Waals surface area contributed by atoms with E-state index in [0.717, 1.165) is 19.0 Å². The summed E-state index contributed by atoms with van der Waals surface area (Å²) in [6, 6.07) is 2.21. The second-order valence-corrected chi connectivity index (χ2v) is 7.75. The third-order valence-electron chi connectivity index (χ3n) is 4.16. The molecule has 0 aromatic carbocycles. The molecule has 0 spiro atoms. The molecule has 1 unspecified atom stereocenters. The van der Waals surface area contributed by atoms with Gasteiger partial charge in [-0.05, 0) is 60.3 Å². The van der Waals surface area contributed by atoms with Crippen molar-refractivity contribution in [2.45, 2.75) is 45.6 Å². The Morgan fingerprint density at radius 1 is 1.40 bits per heavy atom. The van der Waals surface area contributed by atoms with Crippen LogP contribution in [0.2, 0.25) is 0 Å². The highest BCUT2D eigenvalue weighted by Crippen LogP contribution is 2.22. The van der Waals surface area contributed by atoms with Crippen LogP contribution in [0.25, 0.3) is 0 Å². The SMILES string of the molecule is CCCC1CCCN(CCNCc2cc(Br)cs2)CC1. The Balaban J connectivity index is 1.59. The van der Waals surface area contributed by atoms with Crippen molar-refractivity contribution in [2.75, 3.05) is 26.2 Å². The molecular formula is C16H27BrN2S. The fourth-order valence-electron chi connectivity index (χ4n) is 3.04. The van der Waals surface area contributed by atoms with E-state index in [4.69, 9.17) is 0 Å². The van der Waals surface area contributed by atoms with E-state index >= 15 is 0 Å². The number of nitrogens with zero attached hydrogens (tertiary/aromatic N) is 1. The zero-order valence-electron chi connectivity index (χ0n) is 12.5. The molecule has 4 heteroatoms. The Hall–Kier alpha value is 0.1000. The molecule has 1 aromatic heterocycles. The van der Waals surface area contributed by atoms with Crippen molar-refractivity contribution in [1.29, 1.82) is 0 Å². The summed E-state index contributed by atoms with van der Waals surface area (Å²) < 4.78 is 1.20. The smallest absolute Gasteiger partial charge is 0.0300 e. The summed E-state index contributed by atoms with van der Waals surface area (Å²) in [7, 11) is 0. The van der Waals surface area contributed by atoms with E-state index in [1.54, 1.807) is 0 Å². The van der Waals surface area contributed by atoms with Gasteiger partial charge in [-0.1, -0.05) is 19.8 Å². The minimum Gasteiger partial charge on any atom is -0.311 e. The highest BCUT2D eigenvalue weighted by molar-refractivity contribution is 9.10. The van der Waals surface area contributed by atoms with Crippen LogP contribution in [0.3, 0.4) is 0 Å². The number of nitrogens with one attached hydrogen (secondary N) is 1. The Bertz CT molecular complexity index is 380. The molecule has 0 aliphatic carbocycles. The maximum absolute atomic E-state index is 3.57. The topological polar surface area (TPSA) is 15.3 Å². The van der Waals surface area contributed by atoms with Gasteiger partial charge in [0.25, 0.3) is 0 Å². The summed E-state index contributed by atoms with van der Waals surface area (Å²) in [5, 5.41) is 5.72. The first-order chi connectivity index (χ1) is 9.78. The lowest BCUT2D eigenvalue weighted by Crippen LogP contribution is -2.32. The number of hydrogen-bond donors (Lipinski definition) is 1. The predicted molar refractivity (Wildman–Crippen MR) is 92.4 cm³/mol. The van der Waals surface area contributed by atoms with Gasteiger partial charge in [0.15, 0.2) is 0 Å². The summed E-state index contributed by atoms with van der Waals surface area (Å²) in [6.45, 7) is 8.22. The molecule has 1 aliphatic rings. The van der Waals surface area contributed by atoms with Crippen molar-refractivity contribution in [3.8, 4) is 0 Å². The first-order valence-corrected chi connectivity index (χ1v) is 9.61. The quantitative estimate of drug-likeness (QED) is 0.721. The number of likely N-dealkylation sites (tertiary alicyclic amines) is 1. The molecule has 1 fully saturated rings. The monoisotopic (exact) mass is 358 g/mol. The van der Waals surface area contributed by atoms with Gasteiger partial charge in [0.1, 0.15) is 0 Å². The minimum absolute atomic E-state index is 0.987. The molecule has 1 saturated heterocycles. The Kier molecular flexibility index (Phi) is 7.56. The molecule has 0 radical (unpaired) electrons. The van der Waals surface area contributed by atoms with E-state index in [1.807, 2.05) is 11.3 Å². The molecule has 0 saturated carbocycles. The van der Waals surface area contributed by atoms with Crippen molar-refractivity contribution < 1.29 is 0 Å². The van der Waals surface area contributed by atoms with Crippen LogP contribution in [0.1, 0.15) is 43.9 Å². The minimum atomic E-state index is 0.987. The lowest BCUT2D eigenvalue weighted by Gasteiger charge is -2.20. The molecule has 2 nitrogen and oxygen atoms in total. The van der Waals surface area contributed by atoms with Crippen molar-refractivity contribution in [3.63, 3.8) is 0 Å². The maximum Gasteiger partial charge on any atom is 0.0300 e. The Morgan fingerprint density at radius 3 is 3.05 bits per heavy atom. The summed E-state index contributed by atoms with van der Waals surface area (Å²) in [4.78, 5) is 4.06. The normalized spacial score (nSPS) is 21.0. The van der Waals surface area contributed by atoms with E-state index in [-0.39, 0.29) is 0 Å². The van der Waals surface area contributed by atoms with Crippen LogP contribution in [0.15, 0.2) is 15.9 Å². The molecule has 1 atom stereocenters. The summed E-state index contributed by atoms with van der Waals surface area (Å²) in [5.41, 5.74) is 0. The zero-order chi connectivity index (χ0) is 14.2. The van der Waals surface area contributed by atoms with Crippen LogP contribution in [0.5, 0.6) is 0 Å². The summed E-state index contributed by atoms with van der Waals surface area (Å²) >= 11 is 5.33. The van der Waals surface area contributed by atoms with Gasteiger partial charge in [-0.15, -0.1) is 11.3 Å². The Labute approximate surface area is 136 Å². The second-order valence-electron chi connectivity index (χ2n) is 5.84. The number of hydrogen-bond acceptors (Lipinski definition) is 3. The van der Waals surface area contributed by atoms with Crippen molar-refractivity contribution >= 4 is 27.3 Å². The molecule has 2 heterocycles. The van der Waals surface area contributed by atoms with Crippen LogP contribution in [-0.2, 0) is 6.54 Å². The third kappa shape index (κ3) is 5.84. The first-order valence-electron chi connectivity index (χ1n) is 7.94. The third-order valence-corrected chi connectivity index (χ3v) is 5.86. The fourth-order valence-corrected chi connectivity index (χ4v) is 4.46. The van der Waals surface area contributed by atoms with E-state index in [1.165, 1.54) is 61.1 Å². The van der Waals surface area contributed by atoms with Crippen molar-refractivity contribution in [3.05, 3.63) is 20.8 Å². The fraction of sp³-hybridized carbons (Fsp3) is 0.750. The average molecular weight is 359 g/mol. The van der Waals surface area contributed by atoms with Crippen LogP contribution < -0.4 is 5.32 Å². The summed E-state index contributed by atoms with van der Waals surface area (Å²) in [6.07, 6.45) is 7.02. The average Bonchev–Trinajstić information content (AvgIpc) is 2.72.